The number of hydrogen-bond acceptors (Lipinski definition) is 2. The van der Waals surface area contributed by atoms with Crippen molar-refractivity contribution in [3.63, 3.8) is 0 Å². The molecule has 3 N–H and O–H groups in total. The number of hydrogen-bond donors (Lipinski definition) is 3. The minimum absolute atomic E-state index is 0.168. The predicted molar refractivity (Wildman–Crippen MR) is 64.7 cm³/mol. The van der Waals surface area contributed by atoms with Gasteiger partial charge in [0, 0.05) is 6.04 Å². The topological polar surface area (TPSA) is 78.4 Å². The lowest BCUT2D eigenvalue weighted by Gasteiger charge is -2.21. The van der Waals surface area contributed by atoms with Crippen LogP contribution in [0, 0.1) is 11.8 Å². The molecule has 0 bridgehead atoms. The van der Waals surface area contributed by atoms with Crippen LogP contribution >= 0.6 is 0 Å². The highest BCUT2D eigenvalue weighted by Gasteiger charge is 2.32. The quantitative estimate of drug-likeness (QED) is 0.700. The monoisotopic (exact) mass is 242 g/mol. The highest BCUT2D eigenvalue weighted by Crippen LogP contribution is 2.33. The average Bonchev–Trinajstić information content (AvgIpc) is 2.59. The fourth-order valence-electron chi connectivity index (χ4n) is 2.50. The number of carbonyl (C=O) groups excluding carboxylic acids is 1. The fourth-order valence-corrected chi connectivity index (χ4v) is 2.50. The number of carbonyl (C=O) groups is 2. The van der Waals surface area contributed by atoms with Gasteiger partial charge in [0.1, 0.15) is 6.04 Å². The largest absolute Gasteiger partial charge is 0.480 e. The lowest BCUT2D eigenvalue weighted by atomic mass is 9.93. The van der Waals surface area contributed by atoms with Gasteiger partial charge in [0.2, 0.25) is 0 Å². The van der Waals surface area contributed by atoms with Gasteiger partial charge in [0.15, 0.2) is 0 Å². The molecule has 0 aromatic rings. The summed E-state index contributed by atoms with van der Waals surface area (Å²) in [5, 5.41) is 14.0. The maximum Gasteiger partial charge on any atom is 0.325 e. The fraction of sp³-hybridized carbons (Fsp3) is 0.833. The first-order chi connectivity index (χ1) is 7.95. The number of carboxylic acids is 1. The van der Waals surface area contributed by atoms with Crippen molar-refractivity contribution >= 4 is 12.0 Å². The second-order valence-corrected chi connectivity index (χ2v) is 4.89. The standard InChI is InChI=1S/C12H22N2O3/c1-4-9-5-6-10(7(9)2)14-12(17)13-8(3)11(15)16/h7-10H,4-6H2,1-3H3,(H,15,16)(H2,13,14,17). The van der Waals surface area contributed by atoms with Crippen LogP contribution < -0.4 is 10.6 Å². The van der Waals surface area contributed by atoms with Gasteiger partial charge in [0.05, 0.1) is 0 Å². The molecule has 2 amide bonds. The Morgan fingerprint density at radius 1 is 1.41 bits per heavy atom. The summed E-state index contributed by atoms with van der Waals surface area (Å²) in [5.41, 5.74) is 0. The molecule has 1 aliphatic carbocycles. The molecule has 4 unspecified atom stereocenters. The van der Waals surface area contributed by atoms with Crippen molar-refractivity contribution < 1.29 is 14.7 Å². The second kappa shape index (κ2) is 5.89. The summed E-state index contributed by atoms with van der Waals surface area (Å²) >= 11 is 0. The number of nitrogens with one attached hydrogen (secondary N) is 2. The number of urea groups is 1. The lowest BCUT2D eigenvalue weighted by Crippen LogP contribution is -2.48. The van der Waals surface area contributed by atoms with Crippen molar-refractivity contribution in [3.05, 3.63) is 0 Å². The summed E-state index contributed by atoms with van der Waals surface area (Å²) in [7, 11) is 0. The number of aliphatic carboxylic acids is 1. The van der Waals surface area contributed by atoms with Gasteiger partial charge in [0.25, 0.3) is 0 Å². The van der Waals surface area contributed by atoms with E-state index in [4.69, 9.17) is 5.11 Å². The molecule has 0 radical (unpaired) electrons. The molecule has 4 atom stereocenters. The third-order valence-electron chi connectivity index (χ3n) is 3.79. The molecule has 1 aliphatic rings. The Bertz CT molecular complexity index is 293. The zero-order chi connectivity index (χ0) is 13.0. The summed E-state index contributed by atoms with van der Waals surface area (Å²) in [4.78, 5) is 22.2. The average molecular weight is 242 g/mol. The van der Waals surface area contributed by atoms with Crippen molar-refractivity contribution in [3.8, 4) is 0 Å². The molecule has 0 aromatic heterocycles. The normalized spacial score (nSPS) is 29.7. The number of amides is 2. The van der Waals surface area contributed by atoms with Crippen molar-refractivity contribution in [2.75, 3.05) is 0 Å². The maximum atomic E-state index is 11.6. The molecule has 5 nitrogen and oxygen atoms in total. The van der Waals surface area contributed by atoms with Crippen molar-refractivity contribution in [2.24, 2.45) is 11.8 Å². The second-order valence-electron chi connectivity index (χ2n) is 4.89. The Hall–Kier alpha value is -1.26. The molecule has 1 saturated carbocycles. The van der Waals surface area contributed by atoms with E-state index in [9.17, 15) is 9.59 Å². The SMILES string of the molecule is CCC1CCC(NC(=O)NC(C)C(=O)O)C1C. The third-order valence-corrected chi connectivity index (χ3v) is 3.79. The Labute approximate surface area is 102 Å². The molecule has 0 spiro atoms. The summed E-state index contributed by atoms with van der Waals surface area (Å²) in [6.07, 6.45) is 3.25. The molecule has 0 aliphatic heterocycles. The molecule has 98 valence electrons. The minimum Gasteiger partial charge on any atom is -0.480 e. The summed E-state index contributed by atoms with van der Waals surface area (Å²) in [6.45, 7) is 5.76. The van der Waals surface area contributed by atoms with Crippen molar-refractivity contribution in [2.45, 2.75) is 52.1 Å². The molecule has 0 aromatic carbocycles. The van der Waals surface area contributed by atoms with Gasteiger partial charge in [-0.3, -0.25) is 4.79 Å². The van der Waals surface area contributed by atoms with Crippen LogP contribution in [0.25, 0.3) is 0 Å². The van der Waals surface area contributed by atoms with Gasteiger partial charge in [-0.2, -0.15) is 0 Å². The van der Waals surface area contributed by atoms with E-state index in [1.165, 1.54) is 6.92 Å². The highest BCUT2D eigenvalue weighted by atomic mass is 16.4. The van der Waals surface area contributed by atoms with E-state index >= 15 is 0 Å². The molecule has 0 heterocycles. The summed E-state index contributed by atoms with van der Waals surface area (Å²) < 4.78 is 0. The van der Waals surface area contributed by atoms with Crippen LogP contribution in [-0.2, 0) is 4.79 Å². The van der Waals surface area contributed by atoms with Gasteiger partial charge in [-0.15, -0.1) is 0 Å². The molecular weight excluding hydrogens is 220 g/mol. The smallest absolute Gasteiger partial charge is 0.325 e. The van der Waals surface area contributed by atoms with Crippen LogP contribution in [0.3, 0.4) is 0 Å². The van der Waals surface area contributed by atoms with E-state index < -0.39 is 12.0 Å². The summed E-state index contributed by atoms with van der Waals surface area (Å²) in [6, 6.07) is -1.07. The first kappa shape index (κ1) is 13.8. The van der Waals surface area contributed by atoms with Gasteiger partial charge in [-0.25, -0.2) is 4.79 Å². The van der Waals surface area contributed by atoms with Gasteiger partial charge < -0.3 is 15.7 Å². The van der Waals surface area contributed by atoms with E-state index in [2.05, 4.69) is 24.5 Å². The number of carboxylic acid groups (broad SMARTS) is 1. The zero-order valence-corrected chi connectivity index (χ0v) is 10.7. The van der Waals surface area contributed by atoms with Gasteiger partial charge >= 0.3 is 12.0 Å². The van der Waals surface area contributed by atoms with Crippen LogP contribution in [-0.4, -0.2) is 29.2 Å². The van der Waals surface area contributed by atoms with Crippen molar-refractivity contribution in [1.29, 1.82) is 0 Å². The zero-order valence-electron chi connectivity index (χ0n) is 10.7. The lowest BCUT2D eigenvalue weighted by molar-refractivity contribution is -0.138. The molecular formula is C12H22N2O3. The van der Waals surface area contributed by atoms with Crippen LogP contribution in [0.4, 0.5) is 4.79 Å². The third kappa shape index (κ3) is 3.61. The van der Waals surface area contributed by atoms with Crippen LogP contribution in [0.2, 0.25) is 0 Å². The summed E-state index contributed by atoms with van der Waals surface area (Å²) in [5.74, 6) is 0.106. The molecule has 5 heteroatoms. The Kier molecular flexibility index (Phi) is 4.78. The van der Waals surface area contributed by atoms with Crippen LogP contribution in [0.5, 0.6) is 0 Å². The van der Waals surface area contributed by atoms with E-state index in [1.807, 2.05) is 0 Å². The van der Waals surface area contributed by atoms with Crippen LogP contribution in [0.15, 0.2) is 0 Å². The maximum absolute atomic E-state index is 11.6. The van der Waals surface area contributed by atoms with Gasteiger partial charge in [-0.05, 0) is 31.6 Å². The predicted octanol–water partition coefficient (Wildman–Crippen LogP) is 1.58. The molecule has 1 fully saturated rings. The van der Waals surface area contributed by atoms with Crippen LogP contribution in [0.1, 0.15) is 40.0 Å². The van der Waals surface area contributed by atoms with Crippen molar-refractivity contribution in [1.82, 2.24) is 10.6 Å². The molecule has 17 heavy (non-hydrogen) atoms. The molecule has 0 saturated heterocycles. The first-order valence-electron chi connectivity index (χ1n) is 6.25. The van der Waals surface area contributed by atoms with E-state index in [1.54, 1.807) is 0 Å². The first-order valence-corrected chi connectivity index (χ1v) is 6.25. The Morgan fingerprint density at radius 2 is 2.06 bits per heavy atom. The highest BCUT2D eigenvalue weighted by molar-refractivity contribution is 5.82. The Balaban J connectivity index is 2.39. The number of rotatable bonds is 4. The van der Waals surface area contributed by atoms with E-state index in [-0.39, 0.29) is 12.1 Å². The molecule has 1 rings (SSSR count). The van der Waals surface area contributed by atoms with E-state index in [0.717, 1.165) is 19.3 Å². The van der Waals surface area contributed by atoms with E-state index in [0.29, 0.717) is 11.8 Å². The van der Waals surface area contributed by atoms with Gasteiger partial charge in [-0.1, -0.05) is 20.3 Å². The Morgan fingerprint density at radius 3 is 2.53 bits per heavy atom. The minimum atomic E-state index is -1.02.